The van der Waals surface area contributed by atoms with E-state index in [-0.39, 0.29) is 19.8 Å². The van der Waals surface area contributed by atoms with E-state index < -0.39 is 5.97 Å². The highest BCUT2D eigenvalue weighted by Gasteiger charge is 2.02. The Morgan fingerprint density at radius 1 is 1.33 bits per heavy atom. The summed E-state index contributed by atoms with van der Waals surface area (Å²) >= 11 is 0. The summed E-state index contributed by atoms with van der Waals surface area (Å²) in [4.78, 5) is 11.1. The second kappa shape index (κ2) is 6.63. The van der Waals surface area contributed by atoms with Crippen molar-refractivity contribution in [2.75, 3.05) is 13.2 Å². The van der Waals surface area contributed by atoms with Crippen LogP contribution in [0, 0.1) is 12.3 Å². The van der Waals surface area contributed by atoms with Crippen molar-refractivity contribution in [2.45, 2.75) is 6.61 Å². The number of ether oxygens (including phenoxy) is 2. The second-order valence-corrected chi connectivity index (χ2v) is 2.84. The molecule has 0 aliphatic carbocycles. The molecule has 1 aromatic rings. The van der Waals surface area contributed by atoms with Crippen LogP contribution in [0.25, 0.3) is 0 Å². The Morgan fingerprint density at radius 2 is 2.07 bits per heavy atom. The Bertz CT molecular complexity index is 338. The molecule has 0 aliphatic heterocycles. The third kappa shape index (κ3) is 4.84. The maximum atomic E-state index is 11.1. The summed E-state index contributed by atoms with van der Waals surface area (Å²) < 4.78 is 9.76. The van der Waals surface area contributed by atoms with Crippen molar-refractivity contribution in [3.05, 3.63) is 35.9 Å². The van der Waals surface area contributed by atoms with Crippen LogP contribution in [-0.4, -0.2) is 19.2 Å². The predicted molar refractivity (Wildman–Crippen MR) is 55.9 cm³/mol. The fraction of sp³-hybridized carbons (Fsp3) is 0.250. The highest BCUT2D eigenvalue weighted by Crippen LogP contribution is 2.00. The quantitative estimate of drug-likeness (QED) is 0.413. The van der Waals surface area contributed by atoms with E-state index in [2.05, 4.69) is 5.92 Å². The van der Waals surface area contributed by atoms with Gasteiger partial charge < -0.3 is 9.47 Å². The van der Waals surface area contributed by atoms with Gasteiger partial charge in [0.1, 0.15) is 19.8 Å². The summed E-state index contributed by atoms with van der Waals surface area (Å²) in [7, 11) is 0. The zero-order valence-corrected chi connectivity index (χ0v) is 8.31. The lowest BCUT2D eigenvalue weighted by molar-refractivity contribution is -0.149. The van der Waals surface area contributed by atoms with Gasteiger partial charge in [0.15, 0.2) is 0 Å². The number of carbonyl (C=O) groups is 1. The van der Waals surface area contributed by atoms with Gasteiger partial charge in [0.2, 0.25) is 0 Å². The van der Waals surface area contributed by atoms with Crippen molar-refractivity contribution >= 4 is 5.97 Å². The first-order chi connectivity index (χ1) is 7.33. The minimum atomic E-state index is -0.408. The molecule has 3 nitrogen and oxygen atoms in total. The summed E-state index contributed by atoms with van der Waals surface area (Å²) in [6, 6.07) is 9.45. The lowest BCUT2D eigenvalue weighted by atomic mass is 10.2. The molecular formula is C12H12O3. The van der Waals surface area contributed by atoms with Crippen LogP contribution in [0.2, 0.25) is 0 Å². The minimum Gasteiger partial charge on any atom is -0.459 e. The normalized spacial score (nSPS) is 9.27. The summed E-state index contributed by atoms with van der Waals surface area (Å²) in [5.74, 6) is 1.86. The first kappa shape index (κ1) is 11.3. The molecule has 0 spiro atoms. The Labute approximate surface area is 89.0 Å². The lowest BCUT2D eigenvalue weighted by Gasteiger charge is -2.04. The van der Waals surface area contributed by atoms with Crippen molar-refractivity contribution in [2.24, 2.45) is 0 Å². The monoisotopic (exact) mass is 204 g/mol. The first-order valence-corrected chi connectivity index (χ1v) is 4.53. The van der Waals surface area contributed by atoms with Gasteiger partial charge in [-0.1, -0.05) is 36.3 Å². The van der Waals surface area contributed by atoms with Crippen molar-refractivity contribution in [3.8, 4) is 12.3 Å². The van der Waals surface area contributed by atoms with Crippen molar-refractivity contribution in [3.63, 3.8) is 0 Å². The van der Waals surface area contributed by atoms with E-state index in [1.54, 1.807) is 0 Å². The van der Waals surface area contributed by atoms with E-state index in [0.717, 1.165) is 5.56 Å². The van der Waals surface area contributed by atoms with Gasteiger partial charge in [-0.05, 0) is 5.56 Å². The van der Waals surface area contributed by atoms with E-state index >= 15 is 0 Å². The van der Waals surface area contributed by atoms with Gasteiger partial charge in [-0.3, -0.25) is 0 Å². The molecule has 1 rings (SSSR count). The van der Waals surface area contributed by atoms with Gasteiger partial charge in [0.25, 0.3) is 0 Å². The topological polar surface area (TPSA) is 35.5 Å². The Hall–Kier alpha value is -1.79. The van der Waals surface area contributed by atoms with Gasteiger partial charge in [0.05, 0.1) is 0 Å². The zero-order valence-electron chi connectivity index (χ0n) is 8.31. The fourth-order valence-electron chi connectivity index (χ4n) is 0.973. The Kier molecular flexibility index (Phi) is 4.99. The van der Waals surface area contributed by atoms with E-state index in [0.29, 0.717) is 0 Å². The number of carbonyl (C=O) groups excluding carboxylic acids is 1. The Balaban J connectivity index is 2.20. The SMILES string of the molecule is C#CCOCC(=O)OCc1ccccc1. The van der Waals surface area contributed by atoms with E-state index in [9.17, 15) is 4.79 Å². The molecule has 0 bridgehead atoms. The molecule has 0 heterocycles. The van der Waals surface area contributed by atoms with E-state index in [1.165, 1.54) is 0 Å². The number of hydrogen-bond acceptors (Lipinski definition) is 3. The summed E-state index contributed by atoms with van der Waals surface area (Å²) in [5.41, 5.74) is 0.947. The summed E-state index contributed by atoms with van der Waals surface area (Å²) in [6.45, 7) is 0.288. The molecule has 0 saturated carbocycles. The summed E-state index contributed by atoms with van der Waals surface area (Å²) in [5, 5.41) is 0. The molecule has 0 N–H and O–H groups in total. The predicted octanol–water partition coefficient (Wildman–Crippen LogP) is 1.38. The smallest absolute Gasteiger partial charge is 0.332 e. The first-order valence-electron chi connectivity index (χ1n) is 4.53. The van der Waals surface area contributed by atoms with Crippen LogP contribution in [0.15, 0.2) is 30.3 Å². The number of terminal acetylenes is 1. The van der Waals surface area contributed by atoms with Gasteiger partial charge in [-0.15, -0.1) is 6.42 Å². The second-order valence-electron chi connectivity index (χ2n) is 2.84. The number of rotatable bonds is 5. The molecule has 0 atom stereocenters. The molecule has 0 fully saturated rings. The van der Waals surface area contributed by atoms with Crippen LogP contribution in [0.4, 0.5) is 0 Å². The average Bonchev–Trinajstić information content (AvgIpc) is 2.28. The molecular weight excluding hydrogens is 192 g/mol. The molecule has 0 saturated heterocycles. The molecule has 1 aromatic carbocycles. The van der Waals surface area contributed by atoms with Crippen LogP contribution in [-0.2, 0) is 20.9 Å². The fourth-order valence-corrected chi connectivity index (χ4v) is 0.973. The van der Waals surface area contributed by atoms with Gasteiger partial charge in [0, 0.05) is 0 Å². The number of benzene rings is 1. The molecule has 0 radical (unpaired) electrons. The van der Waals surface area contributed by atoms with Crippen LogP contribution in [0.1, 0.15) is 5.56 Å². The van der Waals surface area contributed by atoms with Gasteiger partial charge >= 0.3 is 5.97 Å². The van der Waals surface area contributed by atoms with Crippen molar-refractivity contribution in [1.82, 2.24) is 0 Å². The minimum absolute atomic E-state index is 0.100. The summed E-state index contributed by atoms with van der Waals surface area (Å²) in [6.07, 6.45) is 4.95. The highest BCUT2D eigenvalue weighted by atomic mass is 16.6. The number of esters is 1. The molecule has 0 amide bonds. The third-order valence-corrected chi connectivity index (χ3v) is 1.65. The van der Waals surface area contributed by atoms with E-state index in [1.807, 2.05) is 30.3 Å². The van der Waals surface area contributed by atoms with Crippen LogP contribution in [0.5, 0.6) is 0 Å². The van der Waals surface area contributed by atoms with Gasteiger partial charge in [-0.2, -0.15) is 0 Å². The molecule has 0 unspecified atom stereocenters. The van der Waals surface area contributed by atoms with Crippen molar-refractivity contribution < 1.29 is 14.3 Å². The molecule has 78 valence electrons. The maximum Gasteiger partial charge on any atom is 0.332 e. The van der Waals surface area contributed by atoms with Crippen LogP contribution < -0.4 is 0 Å². The van der Waals surface area contributed by atoms with E-state index in [4.69, 9.17) is 15.9 Å². The lowest BCUT2D eigenvalue weighted by Crippen LogP contribution is -2.12. The molecule has 3 heteroatoms. The van der Waals surface area contributed by atoms with Crippen molar-refractivity contribution in [1.29, 1.82) is 0 Å². The third-order valence-electron chi connectivity index (χ3n) is 1.65. The number of hydrogen-bond donors (Lipinski definition) is 0. The Morgan fingerprint density at radius 3 is 2.73 bits per heavy atom. The highest BCUT2D eigenvalue weighted by molar-refractivity contribution is 5.70. The van der Waals surface area contributed by atoms with Gasteiger partial charge in [-0.25, -0.2) is 4.79 Å². The molecule has 15 heavy (non-hydrogen) atoms. The average molecular weight is 204 g/mol. The molecule has 0 aromatic heterocycles. The van der Waals surface area contributed by atoms with Crippen LogP contribution >= 0.6 is 0 Å². The van der Waals surface area contributed by atoms with Crippen LogP contribution in [0.3, 0.4) is 0 Å². The standard InChI is InChI=1S/C12H12O3/c1-2-8-14-10-12(13)15-9-11-6-4-3-5-7-11/h1,3-7H,8-10H2. The molecule has 0 aliphatic rings. The zero-order chi connectivity index (χ0) is 10.9. The largest absolute Gasteiger partial charge is 0.459 e. The maximum absolute atomic E-state index is 11.1.